The Hall–Kier alpha value is -2.34. The van der Waals surface area contributed by atoms with Crippen LogP contribution in [0.25, 0.3) is 0 Å². The molecule has 2 aromatic rings. The molecule has 2 rings (SSSR count). The van der Waals surface area contributed by atoms with E-state index >= 15 is 0 Å². The van der Waals surface area contributed by atoms with Gasteiger partial charge in [0.15, 0.2) is 6.61 Å². The summed E-state index contributed by atoms with van der Waals surface area (Å²) in [6, 6.07) is 15.6. The summed E-state index contributed by atoms with van der Waals surface area (Å²) in [5.74, 6) is -0.892. The van der Waals surface area contributed by atoms with E-state index in [0.717, 1.165) is 4.47 Å². The van der Waals surface area contributed by atoms with E-state index in [-0.39, 0.29) is 6.61 Å². The summed E-state index contributed by atoms with van der Waals surface area (Å²) in [7, 11) is 0. The second-order valence-electron chi connectivity index (χ2n) is 4.43. The molecule has 0 heterocycles. The molecule has 0 aliphatic rings. The van der Waals surface area contributed by atoms with Crippen molar-refractivity contribution in [1.29, 1.82) is 0 Å². The van der Waals surface area contributed by atoms with Gasteiger partial charge in [0.25, 0.3) is 5.91 Å². The molecule has 22 heavy (non-hydrogen) atoms. The fourth-order valence-electron chi connectivity index (χ4n) is 1.78. The minimum absolute atomic E-state index is 0.312. The van der Waals surface area contributed by atoms with Crippen LogP contribution in [0, 0.1) is 0 Å². The predicted octanol–water partition coefficient (Wildman–Crippen LogP) is 2.60. The number of hydrogen-bond donors (Lipinski definition) is 1. The lowest BCUT2D eigenvalue weighted by Crippen LogP contribution is -2.28. The molecule has 0 saturated heterocycles. The highest BCUT2D eigenvalue weighted by Crippen LogP contribution is 2.19. The van der Waals surface area contributed by atoms with Crippen LogP contribution in [0.3, 0.4) is 0 Å². The van der Waals surface area contributed by atoms with Crippen LogP contribution in [-0.2, 0) is 14.3 Å². The van der Waals surface area contributed by atoms with Gasteiger partial charge in [0.1, 0.15) is 5.75 Å². The molecule has 6 heteroatoms. The zero-order chi connectivity index (χ0) is 15.9. The Kier molecular flexibility index (Phi) is 5.55. The summed E-state index contributed by atoms with van der Waals surface area (Å²) in [6.45, 7) is -0.312. The first-order valence-corrected chi connectivity index (χ1v) is 7.27. The third kappa shape index (κ3) is 4.60. The lowest BCUT2D eigenvalue weighted by atomic mass is 10.1. The molecule has 0 fully saturated rings. The number of hydrogen-bond acceptors (Lipinski definition) is 4. The average molecular weight is 364 g/mol. The third-order valence-corrected chi connectivity index (χ3v) is 3.26. The van der Waals surface area contributed by atoms with Crippen LogP contribution in [0.2, 0.25) is 0 Å². The number of carbonyl (C=O) groups is 2. The highest BCUT2D eigenvalue weighted by molar-refractivity contribution is 9.10. The van der Waals surface area contributed by atoms with Crippen molar-refractivity contribution in [2.45, 2.75) is 6.10 Å². The second-order valence-corrected chi connectivity index (χ2v) is 5.34. The first kappa shape index (κ1) is 16.0. The molecule has 0 aromatic heterocycles. The average Bonchev–Trinajstić information content (AvgIpc) is 2.51. The molecule has 2 aromatic carbocycles. The van der Waals surface area contributed by atoms with Crippen molar-refractivity contribution in [3.63, 3.8) is 0 Å². The van der Waals surface area contributed by atoms with Crippen molar-refractivity contribution in [2.75, 3.05) is 6.61 Å². The van der Waals surface area contributed by atoms with Gasteiger partial charge in [0, 0.05) is 10.0 Å². The molecule has 0 saturated carbocycles. The summed E-state index contributed by atoms with van der Waals surface area (Å²) in [5, 5.41) is 0. The lowest BCUT2D eigenvalue weighted by molar-refractivity contribution is -0.157. The Labute approximate surface area is 136 Å². The third-order valence-electron chi connectivity index (χ3n) is 2.76. The van der Waals surface area contributed by atoms with E-state index < -0.39 is 18.0 Å². The number of nitrogens with two attached hydrogens (primary N) is 1. The van der Waals surface area contributed by atoms with Gasteiger partial charge in [-0.05, 0) is 18.2 Å². The van der Waals surface area contributed by atoms with Gasteiger partial charge in [-0.25, -0.2) is 4.79 Å². The quantitative estimate of drug-likeness (QED) is 0.800. The molecule has 0 bridgehead atoms. The summed E-state index contributed by atoms with van der Waals surface area (Å²) in [6.07, 6.45) is -1.13. The molecule has 5 nitrogen and oxygen atoms in total. The van der Waals surface area contributed by atoms with Gasteiger partial charge in [-0.3, -0.25) is 4.79 Å². The molecule has 1 unspecified atom stereocenters. The molecule has 1 amide bonds. The number of esters is 1. The summed E-state index contributed by atoms with van der Waals surface area (Å²) in [5.41, 5.74) is 5.80. The molecule has 0 spiro atoms. The number of ether oxygens (including phenoxy) is 2. The fraction of sp³-hybridized carbons (Fsp3) is 0.125. The van der Waals surface area contributed by atoms with Gasteiger partial charge < -0.3 is 15.2 Å². The van der Waals surface area contributed by atoms with E-state index in [9.17, 15) is 9.59 Å². The minimum atomic E-state index is -1.13. The van der Waals surface area contributed by atoms with Gasteiger partial charge in [-0.15, -0.1) is 0 Å². The van der Waals surface area contributed by atoms with Crippen LogP contribution >= 0.6 is 15.9 Å². The molecule has 0 radical (unpaired) electrons. The second kappa shape index (κ2) is 7.61. The van der Waals surface area contributed by atoms with Crippen LogP contribution < -0.4 is 10.5 Å². The van der Waals surface area contributed by atoms with Gasteiger partial charge in [-0.2, -0.15) is 0 Å². The smallest absolute Gasteiger partial charge is 0.345 e. The van der Waals surface area contributed by atoms with Crippen molar-refractivity contribution in [1.82, 2.24) is 0 Å². The zero-order valence-electron chi connectivity index (χ0n) is 11.6. The van der Waals surface area contributed by atoms with E-state index in [2.05, 4.69) is 15.9 Å². The summed E-state index contributed by atoms with van der Waals surface area (Å²) >= 11 is 3.30. The van der Waals surface area contributed by atoms with E-state index in [1.165, 1.54) is 0 Å². The molecule has 0 aliphatic carbocycles. The van der Waals surface area contributed by atoms with Crippen LogP contribution in [0.4, 0.5) is 0 Å². The highest BCUT2D eigenvalue weighted by atomic mass is 79.9. The summed E-state index contributed by atoms with van der Waals surface area (Å²) in [4.78, 5) is 23.3. The van der Waals surface area contributed by atoms with Crippen LogP contribution in [-0.4, -0.2) is 18.5 Å². The van der Waals surface area contributed by atoms with Gasteiger partial charge in [-0.1, -0.05) is 52.3 Å². The lowest BCUT2D eigenvalue weighted by Gasteiger charge is -2.15. The predicted molar refractivity (Wildman–Crippen MR) is 84.1 cm³/mol. The van der Waals surface area contributed by atoms with Gasteiger partial charge in [0.2, 0.25) is 6.10 Å². The molecular weight excluding hydrogens is 350 g/mol. The van der Waals surface area contributed by atoms with Crippen molar-refractivity contribution in [3.05, 3.63) is 64.6 Å². The normalized spacial score (nSPS) is 11.5. The molecule has 1 atom stereocenters. The number of halogens is 1. The van der Waals surface area contributed by atoms with Gasteiger partial charge in [0.05, 0.1) is 0 Å². The standard InChI is InChI=1S/C16H14BrNO4/c17-12-7-4-8-13(9-12)21-10-14(19)22-15(16(18)20)11-5-2-1-3-6-11/h1-9,15H,10H2,(H2,18,20). The van der Waals surface area contributed by atoms with Crippen LogP contribution in [0.5, 0.6) is 5.75 Å². The number of rotatable bonds is 6. The Morgan fingerprint density at radius 3 is 2.45 bits per heavy atom. The van der Waals surface area contributed by atoms with Gasteiger partial charge >= 0.3 is 5.97 Å². The highest BCUT2D eigenvalue weighted by Gasteiger charge is 2.22. The Morgan fingerprint density at radius 2 is 1.82 bits per heavy atom. The van der Waals surface area contributed by atoms with E-state index in [0.29, 0.717) is 11.3 Å². The SMILES string of the molecule is NC(=O)C(OC(=O)COc1cccc(Br)c1)c1ccccc1. The van der Waals surface area contributed by atoms with Crippen molar-refractivity contribution in [3.8, 4) is 5.75 Å². The molecule has 114 valence electrons. The number of benzene rings is 2. The van der Waals surface area contributed by atoms with Crippen molar-refractivity contribution in [2.24, 2.45) is 5.73 Å². The zero-order valence-corrected chi connectivity index (χ0v) is 13.2. The maximum atomic E-state index is 11.8. The van der Waals surface area contributed by atoms with Crippen LogP contribution in [0.15, 0.2) is 59.1 Å². The maximum absolute atomic E-state index is 11.8. The first-order chi connectivity index (χ1) is 10.6. The fourth-order valence-corrected chi connectivity index (χ4v) is 2.16. The summed E-state index contributed by atoms with van der Waals surface area (Å²) < 4.78 is 11.2. The topological polar surface area (TPSA) is 78.6 Å². The van der Waals surface area contributed by atoms with E-state index in [4.69, 9.17) is 15.2 Å². The van der Waals surface area contributed by atoms with E-state index in [1.54, 1.807) is 48.5 Å². The number of carbonyl (C=O) groups excluding carboxylic acids is 2. The number of primary amides is 1. The molecule has 2 N–H and O–H groups in total. The maximum Gasteiger partial charge on any atom is 0.345 e. The molecule has 0 aliphatic heterocycles. The van der Waals surface area contributed by atoms with Crippen LogP contribution in [0.1, 0.15) is 11.7 Å². The van der Waals surface area contributed by atoms with E-state index in [1.807, 2.05) is 6.07 Å². The number of amides is 1. The minimum Gasteiger partial charge on any atom is -0.482 e. The monoisotopic (exact) mass is 363 g/mol. The Bertz CT molecular complexity index is 660. The largest absolute Gasteiger partial charge is 0.482 e. The Balaban J connectivity index is 1.96. The van der Waals surface area contributed by atoms with Crippen molar-refractivity contribution >= 4 is 27.8 Å². The Morgan fingerprint density at radius 1 is 1.09 bits per heavy atom. The van der Waals surface area contributed by atoms with Crippen molar-refractivity contribution < 1.29 is 19.1 Å². The first-order valence-electron chi connectivity index (χ1n) is 6.48. The molecular formula is C16H14BrNO4.